The highest BCUT2D eigenvalue weighted by atomic mass is 32.2. The predicted molar refractivity (Wildman–Crippen MR) is 401 cm³/mol. The van der Waals surface area contributed by atoms with Gasteiger partial charge >= 0.3 is 23.9 Å². The van der Waals surface area contributed by atoms with Crippen LogP contribution in [0.4, 0.5) is 0 Å². The van der Waals surface area contributed by atoms with E-state index in [-0.39, 0.29) is 140 Å². The first-order chi connectivity index (χ1) is 50.7. The van der Waals surface area contributed by atoms with Crippen LogP contribution in [0.15, 0.2) is 48.5 Å². The SMILES string of the molecule is CCCCCC(=O)N[C@H]1CSCc2cc(CSCCCC(=O)CN3CCN(CC(=O)O)CCN(CC(=O)O)CCN(CC(=O)O)CC3)cc(c2)CSC[C@@H](C(=O)NCCCC(=O)O)NC(=O)[C@H](Cc2ccccc2)NC(=O)[C@H](CCC(N)=O)NC(=O)[C@H]([C@@H](C)O)NC(=O)[C@@H]2CCCN2C(=O)[C@@H]2CCCN2C1. The number of carboxylic acids is 4. The van der Waals surface area contributed by atoms with E-state index in [4.69, 9.17) is 5.73 Å². The Morgan fingerprint density at radius 2 is 1.18 bits per heavy atom. The monoisotopic (exact) mass is 1540 g/mol. The normalized spacial score (nSPS) is 23.0. The number of carbonyl (C=O) groups excluding carboxylic acids is 9. The Bertz CT molecular complexity index is 3240. The number of carboxylic acid groups (broad SMARTS) is 4. The zero-order valence-corrected chi connectivity index (χ0v) is 63.4. The molecule has 8 amide bonds. The maximum atomic E-state index is 14.8. The number of carbonyl (C=O) groups is 13. The Hall–Kier alpha value is -7.44. The van der Waals surface area contributed by atoms with E-state index in [1.54, 1.807) is 68.6 Å². The molecule has 2 aromatic rings. The molecule has 4 aliphatic heterocycles. The molecule has 0 radical (unpaired) electrons. The number of nitrogens with two attached hydrogens (primary N) is 1. The van der Waals surface area contributed by atoms with Crippen molar-refractivity contribution in [3.05, 3.63) is 70.8 Å². The van der Waals surface area contributed by atoms with Crippen molar-refractivity contribution in [3.63, 3.8) is 0 Å². The van der Waals surface area contributed by atoms with Gasteiger partial charge in [-0.25, -0.2) is 0 Å². The van der Waals surface area contributed by atoms with Crippen LogP contribution in [0.25, 0.3) is 0 Å². The van der Waals surface area contributed by atoms with Crippen molar-refractivity contribution in [2.75, 3.05) is 122 Å². The number of benzene rings is 2. The fourth-order valence-electron chi connectivity index (χ4n) is 13.3. The number of unbranched alkanes of at least 4 members (excludes halogenated alkanes) is 2. The average Bonchev–Trinajstić information content (AvgIpc) is 1.63. The molecule has 0 spiro atoms. The topological polar surface area (TPSA) is 441 Å². The maximum absolute atomic E-state index is 14.8. The van der Waals surface area contributed by atoms with Crippen molar-refractivity contribution in [1.82, 2.24) is 61.3 Å². The third kappa shape index (κ3) is 32.2. The number of fused-ring (bicyclic) bond motifs is 4. The van der Waals surface area contributed by atoms with Gasteiger partial charge in [-0.05, 0) is 92.8 Å². The number of hydrogen-bond acceptors (Lipinski definition) is 22. The largest absolute Gasteiger partial charge is 0.481 e. The summed E-state index contributed by atoms with van der Waals surface area (Å²) in [4.78, 5) is 184. The second-order valence-corrected chi connectivity index (χ2v) is 30.8. The lowest BCUT2D eigenvalue weighted by molar-refractivity contribution is -0.143. The van der Waals surface area contributed by atoms with E-state index < -0.39 is 114 Å². The molecule has 13 N–H and O–H groups in total. The van der Waals surface area contributed by atoms with Crippen LogP contribution in [0.1, 0.15) is 126 Å². The summed E-state index contributed by atoms with van der Waals surface area (Å²) >= 11 is 4.55. The Labute approximate surface area is 632 Å². The molecule has 588 valence electrons. The van der Waals surface area contributed by atoms with Gasteiger partial charge in [0.1, 0.15) is 36.0 Å². The van der Waals surface area contributed by atoms with Crippen LogP contribution in [0.2, 0.25) is 0 Å². The second kappa shape index (κ2) is 46.7. The molecule has 3 saturated heterocycles. The van der Waals surface area contributed by atoms with E-state index >= 15 is 0 Å². The lowest BCUT2D eigenvalue weighted by Gasteiger charge is -2.33. The van der Waals surface area contributed by atoms with Gasteiger partial charge in [0.15, 0.2) is 0 Å². The highest BCUT2D eigenvalue weighted by Crippen LogP contribution is 2.28. The van der Waals surface area contributed by atoms with Gasteiger partial charge < -0.3 is 68.1 Å². The van der Waals surface area contributed by atoms with E-state index in [0.717, 1.165) is 29.5 Å². The standard InChI is InChI=1S/C72H109N13O18S3/c1-3-4-6-18-61(89)75-53-38-84-23-10-17-59(84)72(103)85-24-11-16-58(85)70(101)79-66(48(2)86)71(102)76-55(20-21-60(73)88)68(99)77-56(37-49-13-7-5-8-14-49)69(100)78-57(67(98)74-22-9-19-62(90)91)47-106-45-52-35-50(34-51(36-52)44-105-46-53)43-104-33-12-15-54(87)39-80-25-27-81(40-63(92)93)29-31-83(42-65(96)97)32-30-82(28-26-80)41-64(94)95/h5,7-8,13-14,34-36,48,53,55-59,66,86H,3-4,6,9-12,15-33,37-47H2,1-2H3,(H2,73,88)(H,74,98)(H,75,89)(H,76,102)(H,77,99)(H,78,100)(H,79,101)(H,90,91)(H,92,93)(H,94,95)(H,96,97)/t48-,53-,55+,56+,57+,58+,59+,66+/m1/s1. The summed E-state index contributed by atoms with van der Waals surface area (Å²) in [6.07, 6.45) is 2.78. The molecule has 0 aliphatic carbocycles. The summed E-state index contributed by atoms with van der Waals surface area (Å²) in [5, 5.41) is 66.2. The summed E-state index contributed by atoms with van der Waals surface area (Å²) < 4.78 is 0. The minimum Gasteiger partial charge on any atom is -0.481 e. The first-order valence-electron chi connectivity index (χ1n) is 36.7. The smallest absolute Gasteiger partial charge is 0.317 e. The molecule has 4 aliphatic rings. The van der Waals surface area contributed by atoms with Gasteiger partial charge in [-0.3, -0.25) is 86.8 Å². The molecule has 4 heterocycles. The number of hydrogen-bond donors (Lipinski definition) is 12. The number of primary amides is 1. The zero-order chi connectivity index (χ0) is 77.1. The van der Waals surface area contributed by atoms with Crippen molar-refractivity contribution in [3.8, 4) is 0 Å². The molecule has 34 heteroatoms. The summed E-state index contributed by atoms with van der Waals surface area (Å²) in [5.74, 6) is -7.30. The van der Waals surface area contributed by atoms with E-state index in [2.05, 4.69) is 49.8 Å². The number of aliphatic hydroxyl groups is 1. The van der Waals surface area contributed by atoms with Gasteiger partial charge in [0.05, 0.1) is 44.4 Å². The first-order valence-corrected chi connectivity index (χ1v) is 40.2. The second-order valence-electron chi connectivity index (χ2n) is 27.6. The molecule has 6 rings (SSSR count). The number of rotatable bonds is 30. The Morgan fingerprint density at radius 3 is 1.76 bits per heavy atom. The van der Waals surface area contributed by atoms with Crippen molar-refractivity contribution in [1.29, 1.82) is 0 Å². The molecule has 2 aromatic carbocycles. The highest BCUT2D eigenvalue weighted by molar-refractivity contribution is 7.99. The van der Waals surface area contributed by atoms with Gasteiger partial charge in [0.2, 0.25) is 47.3 Å². The Kier molecular flexibility index (Phi) is 38.5. The average molecular weight is 1540 g/mol. The molecular weight excluding hydrogens is 1430 g/mol. The van der Waals surface area contributed by atoms with Gasteiger partial charge in [-0.2, -0.15) is 35.3 Å². The lowest BCUT2D eigenvalue weighted by atomic mass is 10.0. The van der Waals surface area contributed by atoms with E-state index in [1.165, 1.54) is 23.6 Å². The summed E-state index contributed by atoms with van der Waals surface area (Å²) in [6.45, 7) is 5.68. The van der Waals surface area contributed by atoms with Crippen LogP contribution in [0.5, 0.6) is 0 Å². The van der Waals surface area contributed by atoms with Crippen molar-refractivity contribution in [2.45, 2.75) is 176 Å². The minimum absolute atomic E-state index is 0.0203. The number of nitrogens with one attached hydrogen (secondary N) is 6. The number of thioether (sulfide) groups is 3. The van der Waals surface area contributed by atoms with Gasteiger partial charge in [-0.1, -0.05) is 68.3 Å². The summed E-state index contributed by atoms with van der Waals surface area (Å²) in [6, 6.07) is 6.80. The number of ketones is 1. The first kappa shape index (κ1) is 87.5. The highest BCUT2D eigenvalue weighted by Gasteiger charge is 2.43. The molecule has 106 heavy (non-hydrogen) atoms. The van der Waals surface area contributed by atoms with Gasteiger partial charge in [0, 0.05) is 133 Å². The molecule has 0 unspecified atom stereocenters. The van der Waals surface area contributed by atoms with E-state index in [0.29, 0.717) is 99.0 Å². The predicted octanol–water partition coefficient (Wildman–Crippen LogP) is 0.554. The molecular formula is C72H109N13O18S3. The Balaban J connectivity index is 1.29. The number of Topliss-reactive ketones (excluding diaryl/α,β-unsaturated/α-hetero) is 1. The molecule has 0 saturated carbocycles. The number of amides is 8. The fraction of sp³-hybridized carbons (Fsp3) is 0.653. The number of aliphatic carboxylic acids is 4. The quantitative estimate of drug-likeness (QED) is 0.0475. The van der Waals surface area contributed by atoms with E-state index in [1.807, 2.05) is 17.0 Å². The third-order valence-electron chi connectivity index (χ3n) is 18.8. The van der Waals surface area contributed by atoms with Crippen LogP contribution >= 0.6 is 35.3 Å². The lowest BCUT2D eigenvalue weighted by Crippen LogP contribution is -2.61. The number of aliphatic hydroxyl groups excluding tert-OH is 1. The molecule has 8 atom stereocenters. The van der Waals surface area contributed by atoms with Crippen molar-refractivity contribution >= 4 is 112 Å². The summed E-state index contributed by atoms with van der Waals surface area (Å²) in [5.41, 5.74) is 8.91. The van der Waals surface area contributed by atoms with Crippen LogP contribution in [0, 0.1) is 0 Å². The van der Waals surface area contributed by atoms with Crippen LogP contribution in [0.3, 0.4) is 0 Å². The maximum Gasteiger partial charge on any atom is 0.317 e. The fourth-order valence-corrected chi connectivity index (χ4v) is 16.2. The van der Waals surface area contributed by atoms with Gasteiger partial charge in [-0.15, -0.1) is 0 Å². The van der Waals surface area contributed by atoms with Gasteiger partial charge in [0.25, 0.3) is 0 Å². The zero-order valence-electron chi connectivity index (χ0n) is 60.9. The molecule has 0 aromatic heterocycles. The van der Waals surface area contributed by atoms with Crippen molar-refractivity contribution in [2.24, 2.45) is 5.73 Å². The van der Waals surface area contributed by atoms with Crippen LogP contribution in [-0.4, -0.2) is 302 Å². The number of nitrogens with zero attached hydrogens (tertiary/aromatic N) is 6. The van der Waals surface area contributed by atoms with Crippen molar-refractivity contribution < 1.29 is 87.9 Å². The molecule has 31 nitrogen and oxygen atoms in total. The summed E-state index contributed by atoms with van der Waals surface area (Å²) in [7, 11) is 0. The van der Waals surface area contributed by atoms with Crippen LogP contribution in [-0.2, 0) is 86.0 Å². The third-order valence-corrected chi connectivity index (χ3v) is 22.2. The Morgan fingerprint density at radius 1 is 0.604 bits per heavy atom. The molecule has 2 bridgehead atoms. The van der Waals surface area contributed by atoms with Crippen LogP contribution < -0.4 is 37.6 Å². The minimum atomic E-state index is -1.67. The van der Waals surface area contributed by atoms with E-state index in [9.17, 15) is 87.9 Å². The molecule has 3 fully saturated rings.